The highest BCUT2D eigenvalue weighted by molar-refractivity contribution is 5.16. The minimum absolute atomic E-state index is 0.100. The summed E-state index contributed by atoms with van der Waals surface area (Å²) in [6.07, 6.45) is -1.13. The minimum atomic E-state index is -0.449. The molecule has 0 saturated carbocycles. The Hall–Kier alpha value is -1.38. The summed E-state index contributed by atoms with van der Waals surface area (Å²) >= 11 is 0. The number of ether oxygens (including phenoxy) is 3. The Morgan fingerprint density at radius 2 is 2.16 bits per heavy atom. The van der Waals surface area contributed by atoms with Crippen molar-refractivity contribution in [1.29, 1.82) is 0 Å². The van der Waals surface area contributed by atoms with Crippen molar-refractivity contribution in [1.82, 2.24) is 0 Å². The average molecular weight is 262 g/mol. The normalized spacial score (nSPS) is 26.5. The molecule has 0 radical (unpaired) electrons. The third-order valence-corrected chi connectivity index (χ3v) is 2.92. The maximum Gasteiger partial charge on any atom is 0.184 e. The summed E-state index contributed by atoms with van der Waals surface area (Å²) in [5.41, 5.74) is 0.938. The molecule has 2 rings (SSSR count). The lowest BCUT2D eigenvalue weighted by molar-refractivity contribution is -0.269. The summed E-state index contributed by atoms with van der Waals surface area (Å²) in [6, 6.07) is 9.65. The van der Waals surface area contributed by atoms with Crippen LogP contribution >= 0.6 is 0 Å². The molecular formula is C15H18O4. The van der Waals surface area contributed by atoms with E-state index in [4.69, 9.17) is 14.2 Å². The lowest BCUT2D eigenvalue weighted by atomic mass is 10.1. The molecule has 0 unspecified atom stereocenters. The van der Waals surface area contributed by atoms with Gasteiger partial charge in [0.15, 0.2) is 6.29 Å². The Bertz CT molecular complexity index is 434. The molecule has 4 nitrogen and oxygen atoms in total. The summed E-state index contributed by atoms with van der Waals surface area (Å²) in [4.78, 5) is 0. The van der Waals surface area contributed by atoms with E-state index in [1.54, 1.807) is 6.92 Å². The Morgan fingerprint density at radius 1 is 1.37 bits per heavy atom. The maximum absolute atomic E-state index is 9.39. The predicted octanol–water partition coefficient (Wildman–Crippen LogP) is 1.50. The Labute approximate surface area is 113 Å². The number of hydrogen-bond donors (Lipinski definition) is 1. The van der Waals surface area contributed by atoms with Crippen molar-refractivity contribution in [3.05, 3.63) is 35.9 Å². The molecule has 0 bridgehead atoms. The molecule has 0 amide bonds. The van der Waals surface area contributed by atoms with Gasteiger partial charge in [0.1, 0.15) is 18.8 Å². The quantitative estimate of drug-likeness (QED) is 0.835. The third kappa shape index (κ3) is 3.79. The molecule has 0 aromatic heterocycles. The van der Waals surface area contributed by atoms with Crippen LogP contribution in [0.25, 0.3) is 0 Å². The van der Waals surface area contributed by atoms with Crippen LogP contribution in [-0.4, -0.2) is 37.1 Å². The molecule has 1 N–H and O–H groups in total. The highest BCUT2D eigenvalue weighted by Crippen LogP contribution is 2.27. The highest BCUT2D eigenvalue weighted by Gasteiger charge is 2.32. The first-order chi connectivity index (χ1) is 9.35. The first kappa shape index (κ1) is 14.0. The second kappa shape index (κ2) is 7.27. The zero-order valence-corrected chi connectivity index (χ0v) is 10.9. The van der Waals surface area contributed by atoms with Crippen LogP contribution in [0.2, 0.25) is 0 Å². The van der Waals surface area contributed by atoms with Crippen LogP contribution in [-0.2, 0) is 14.2 Å². The second-order valence-corrected chi connectivity index (χ2v) is 4.21. The lowest BCUT2D eigenvalue weighted by Gasteiger charge is -2.35. The van der Waals surface area contributed by atoms with Gasteiger partial charge in [0.25, 0.3) is 0 Å². The fraction of sp³-hybridized carbons (Fsp3) is 0.467. The SMILES string of the molecule is CC#CCO[C@@H]1CO[C@H](c2ccccc2)O[C@@H]1CO. The van der Waals surface area contributed by atoms with Crippen molar-refractivity contribution in [2.24, 2.45) is 0 Å². The van der Waals surface area contributed by atoms with Gasteiger partial charge >= 0.3 is 0 Å². The van der Waals surface area contributed by atoms with E-state index in [9.17, 15) is 5.11 Å². The van der Waals surface area contributed by atoms with Gasteiger partial charge in [-0.25, -0.2) is 0 Å². The van der Waals surface area contributed by atoms with Crippen LogP contribution in [0.4, 0.5) is 0 Å². The predicted molar refractivity (Wildman–Crippen MR) is 70.3 cm³/mol. The van der Waals surface area contributed by atoms with Gasteiger partial charge in [-0.1, -0.05) is 36.3 Å². The van der Waals surface area contributed by atoms with Gasteiger partial charge in [-0.15, -0.1) is 5.92 Å². The van der Waals surface area contributed by atoms with Crippen molar-refractivity contribution in [2.75, 3.05) is 19.8 Å². The molecule has 3 atom stereocenters. The highest BCUT2D eigenvalue weighted by atomic mass is 16.7. The molecule has 1 heterocycles. The molecule has 0 spiro atoms. The summed E-state index contributed by atoms with van der Waals surface area (Å²) in [5, 5.41) is 9.39. The van der Waals surface area contributed by atoms with Gasteiger partial charge in [0, 0.05) is 5.56 Å². The molecule has 1 aromatic carbocycles. The molecule has 102 valence electrons. The topological polar surface area (TPSA) is 47.9 Å². The van der Waals surface area contributed by atoms with Crippen LogP contribution in [0.5, 0.6) is 0 Å². The first-order valence-electron chi connectivity index (χ1n) is 6.29. The summed E-state index contributed by atoms with van der Waals surface area (Å²) in [6.45, 7) is 2.36. The van der Waals surface area contributed by atoms with Crippen LogP contribution in [0.15, 0.2) is 30.3 Å². The average Bonchev–Trinajstić information content (AvgIpc) is 2.48. The Morgan fingerprint density at radius 3 is 2.84 bits per heavy atom. The number of aliphatic hydroxyl groups is 1. The maximum atomic E-state index is 9.39. The monoisotopic (exact) mass is 262 g/mol. The standard InChI is InChI=1S/C15H18O4/c1-2-3-9-17-14-11-18-15(19-13(14)10-16)12-7-5-4-6-8-12/h4-8,13-16H,9-11H2,1H3/t13-,14-,15+/m1/s1. The molecule has 4 heteroatoms. The van der Waals surface area contributed by atoms with Crippen molar-refractivity contribution in [3.8, 4) is 11.8 Å². The minimum Gasteiger partial charge on any atom is -0.394 e. The van der Waals surface area contributed by atoms with E-state index in [0.29, 0.717) is 13.2 Å². The van der Waals surface area contributed by atoms with Crippen molar-refractivity contribution >= 4 is 0 Å². The smallest absolute Gasteiger partial charge is 0.184 e. The first-order valence-corrected chi connectivity index (χ1v) is 6.29. The fourth-order valence-corrected chi connectivity index (χ4v) is 1.90. The van der Waals surface area contributed by atoms with Crippen LogP contribution < -0.4 is 0 Å². The second-order valence-electron chi connectivity index (χ2n) is 4.21. The van der Waals surface area contributed by atoms with Gasteiger partial charge < -0.3 is 19.3 Å². The molecule has 0 aliphatic carbocycles. The Balaban J connectivity index is 1.95. The van der Waals surface area contributed by atoms with E-state index >= 15 is 0 Å². The number of hydrogen-bond acceptors (Lipinski definition) is 4. The summed E-state index contributed by atoms with van der Waals surface area (Å²) < 4.78 is 16.9. The zero-order chi connectivity index (χ0) is 13.5. The van der Waals surface area contributed by atoms with Crippen LogP contribution in [0.1, 0.15) is 18.8 Å². The molecule has 1 saturated heterocycles. The number of benzene rings is 1. The van der Waals surface area contributed by atoms with Gasteiger partial charge in [-0.05, 0) is 6.92 Å². The lowest BCUT2D eigenvalue weighted by Crippen LogP contribution is -2.44. The third-order valence-electron chi connectivity index (χ3n) is 2.92. The van der Waals surface area contributed by atoms with Crippen LogP contribution in [0.3, 0.4) is 0 Å². The van der Waals surface area contributed by atoms with Gasteiger partial charge in [0.05, 0.1) is 13.2 Å². The largest absolute Gasteiger partial charge is 0.394 e. The molecule has 1 aliphatic rings. The summed E-state index contributed by atoms with van der Waals surface area (Å²) in [5.74, 6) is 5.57. The van der Waals surface area contributed by atoms with Crippen molar-refractivity contribution < 1.29 is 19.3 Å². The fourth-order valence-electron chi connectivity index (χ4n) is 1.90. The molecule has 1 fully saturated rings. The molecule has 1 aromatic rings. The zero-order valence-electron chi connectivity index (χ0n) is 10.9. The van der Waals surface area contributed by atoms with Gasteiger partial charge in [0.2, 0.25) is 0 Å². The van der Waals surface area contributed by atoms with Gasteiger partial charge in [-0.3, -0.25) is 0 Å². The number of aliphatic hydroxyl groups excluding tert-OH is 1. The Kier molecular flexibility index (Phi) is 5.37. The van der Waals surface area contributed by atoms with E-state index < -0.39 is 12.4 Å². The number of rotatable bonds is 4. The van der Waals surface area contributed by atoms with E-state index in [0.717, 1.165) is 5.56 Å². The van der Waals surface area contributed by atoms with E-state index in [2.05, 4.69) is 11.8 Å². The van der Waals surface area contributed by atoms with E-state index in [1.165, 1.54) is 0 Å². The molecule has 19 heavy (non-hydrogen) atoms. The molecule has 1 aliphatic heterocycles. The van der Waals surface area contributed by atoms with Gasteiger partial charge in [-0.2, -0.15) is 0 Å². The van der Waals surface area contributed by atoms with E-state index in [-0.39, 0.29) is 12.7 Å². The van der Waals surface area contributed by atoms with E-state index in [1.807, 2.05) is 30.3 Å². The van der Waals surface area contributed by atoms with Crippen molar-refractivity contribution in [3.63, 3.8) is 0 Å². The van der Waals surface area contributed by atoms with Crippen molar-refractivity contribution in [2.45, 2.75) is 25.4 Å². The molecular weight excluding hydrogens is 244 g/mol. The summed E-state index contributed by atoms with van der Waals surface area (Å²) in [7, 11) is 0. The van der Waals surface area contributed by atoms with Crippen LogP contribution in [0, 0.1) is 11.8 Å².